The third kappa shape index (κ3) is 4.04. The fraction of sp³-hybridized carbons (Fsp3) is 0.667. The smallest absolute Gasteiger partial charge is 0.193 e. The van der Waals surface area contributed by atoms with Crippen molar-refractivity contribution in [1.82, 2.24) is 15.1 Å². The average molecular weight is 357 g/mol. The van der Waals surface area contributed by atoms with Crippen LogP contribution in [0.2, 0.25) is 0 Å². The molecule has 3 aliphatic rings. The lowest BCUT2D eigenvalue weighted by molar-refractivity contribution is 0.0342. The van der Waals surface area contributed by atoms with Crippen LogP contribution in [0.3, 0.4) is 0 Å². The number of guanidine groups is 1. The van der Waals surface area contributed by atoms with Gasteiger partial charge in [0.25, 0.3) is 0 Å². The quantitative estimate of drug-likeness (QED) is 0.665. The zero-order valence-electron chi connectivity index (χ0n) is 16.0. The maximum atomic E-state index is 5.42. The highest BCUT2D eigenvalue weighted by atomic mass is 16.5. The topological polar surface area (TPSA) is 40.1 Å². The van der Waals surface area contributed by atoms with Crippen molar-refractivity contribution in [2.24, 2.45) is 10.4 Å². The van der Waals surface area contributed by atoms with Crippen molar-refractivity contribution in [2.45, 2.75) is 38.8 Å². The Morgan fingerprint density at radius 3 is 2.42 bits per heavy atom. The minimum atomic E-state index is 0.610. The molecule has 1 aromatic carbocycles. The number of benzene rings is 1. The monoisotopic (exact) mass is 356 g/mol. The second-order valence-corrected chi connectivity index (χ2v) is 8.13. The Kier molecular flexibility index (Phi) is 5.46. The number of nitrogens with one attached hydrogen (secondary N) is 1. The van der Waals surface area contributed by atoms with Gasteiger partial charge in [0.1, 0.15) is 0 Å². The maximum Gasteiger partial charge on any atom is 0.193 e. The number of hydrogen-bond donors (Lipinski definition) is 1. The average Bonchev–Trinajstić information content (AvgIpc) is 3.11. The molecule has 2 heterocycles. The summed E-state index contributed by atoms with van der Waals surface area (Å²) in [4.78, 5) is 9.43. The summed E-state index contributed by atoms with van der Waals surface area (Å²) in [6, 6.07) is 9.00. The highest BCUT2D eigenvalue weighted by Crippen LogP contribution is 2.47. The van der Waals surface area contributed by atoms with Crippen molar-refractivity contribution in [1.29, 1.82) is 0 Å². The van der Waals surface area contributed by atoms with Crippen LogP contribution >= 0.6 is 0 Å². The van der Waals surface area contributed by atoms with Crippen molar-refractivity contribution < 1.29 is 4.74 Å². The molecular formula is C21H32N4O. The molecule has 0 bridgehead atoms. The molecule has 2 aliphatic heterocycles. The second-order valence-electron chi connectivity index (χ2n) is 8.13. The van der Waals surface area contributed by atoms with Crippen LogP contribution < -0.4 is 5.32 Å². The second kappa shape index (κ2) is 7.97. The Morgan fingerprint density at radius 2 is 1.81 bits per heavy atom. The molecule has 1 N–H and O–H groups in total. The van der Waals surface area contributed by atoms with Gasteiger partial charge in [-0.25, -0.2) is 0 Å². The number of likely N-dealkylation sites (tertiary alicyclic amines) is 1. The van der Waals surface area contributed by atoms with Gasteiger partial charge in [0.2, 0.25) is 0 Å². The van der Waals surface area contributed by atoms with Gasteiger partial charge in [-0.2, -0.15) is 0 Å². The van der Waals surface area contributed by atoms with Crippen LogP contribution in [-0.2, 0) is 17.8 Å². The summed E-state index contributed by atoms with van der Waals surface area (Å²) >= 11 is 0. The third-order valence-corrected chi connectivity index (χ3v) is 6.35. The summed E-state index contributed by atoms with van der Waals surface area (Å²) in [6.07, 6.45) is 5.57. The van der Waals surface area contributed by atoms with E-state index in [-0.39, 0.29) is 0 Å². The van der Waals surface area contributed by atoms with Crippen LogP contribution in [0.5, 0.6) is 0 Å². The SMILES string of the molecule is CN=C(NCc1ccc(CN2CCOCC2)cc1)N1CCC2(CCC2)C1. The Hall–Kier alpha value is -1.59. The molecule has 2 saturated heterocycles. The van der Waals surface area contributed by atoms with E-state index in [4.69, 9.17) is 4.74 Å². The minimum Gasteiger partial charge on any atom is -0.379 e. The van der Waals surface area contributed by atoms with Gasteiger partial charge in [0.15, 0.2) is 5.96 Å². The molecule has 0 amide bonds. The summed E-state index contributed by atoms with van der Waals surface area (Å²) in [7, 11) is 1.90. The molecule has 3 fully saturated rings. The van der Waals surface area contributed by atoms with Crippen molar-refractivity contribution in [3.05, 3.63) is 35.4 Å². The number of morpholine rings is 1. The molecule has 0 radical (unpaired) electrons. The molecule has 1 aliphatic carbocycles. The molecule has 1 aromatic rings. The van der Waals surface area contributed by atoms with E-state index in [9.17, 15) is 0 Å². The third-order valence-electron chi connectivity index (χ3n) is 6.35. The molecule has 1 spiro atoms. The predicted octanol–water partition coefficient (Wildman–Crippen LogP) is 2.47. The summed E-state index contributed by atoms with van der Waals surface area (Å²) in [5.41, 5.74) is 3.31. The van der Waals surface area contributed by atoms with Crippen molar-refractivity contribution in [3.63, 3.8) is 0 Å². The van der Waals surface area contributed by atoms with E-state index >= 15 is 0 Å². The molecule has 142 valence electrons. The van der Waals surface area contributed by atoms with E-state index in [0.717, 1.165) is 51.9 Å². The summed E-state index contributed by atoms with van der Waals surface area (Å²) in [5, 5.41) is 3.56. The van der Waals surface area contributed by atoms with Gasteiger partial charge in [-0.05, 0) is 35.8 Å². The molecule has 5 nitrogen and oxygen atoms in total. The fourth-order valence-corrected chi connectivity index (χ4v) is 4.49. The van der Waals surface area contributed by atoms with Gasteiger partial charge >= 0.3 is 0 Å². The molecular weight excluding hydrogens is 324 g/mol. The lowest BCUT2D eigenvalue weighted by Gasteiger charge is -2.38. The van der Waals surface area contributed by atoms with E-state index in [0.29, 0.717) is 5.41 Å². The van der Waals surface area contributed by atoms with E-state index in [1.165, 1.54) is 43.4 Å². The highest BCUT2D eigenvalue weighted by Gasteiger charge is 2.43. The van der Waals surface area contributed by atoms with Crippen molar-refractivity contribution in [2.75, 3.05) is 46.4 Å². The molecule has 0 atom stereocenters. The van der Waals surface area contributed by atoms with Crippen LogP contribution in [0, 0.1) is 5.41 Å². The maximum absolute atomic E-state index is 5.42. The van der Waals surface area contributed by atoms with E-state index in [1.807, 2.05) is 7.05 Å². The molecule has 1 saturated carbocycles. The molecule has 26 heavy (non-hydrogen) atoms. The standard InChI is InChI=1S/C21H32N4O/c1-22-20(25-10-9-21(17-25)7-2-8-21)23-15-18-3-5-19(6-4-18)16-24-11-13-26-14-12-24/h3-6H,2,7-17H2,1H3,(H,22,23). The zero-order valence-corrected chi connectivity index (χ0v) is 16.0. The normalized spacial score (nSPS) is 23.3. The van der Waals surface area contributed by atoms with Gasteiger partial charge < -0.3 is 15.0 Å². The first-order chi connectivity index (χ1) is 12.8. The highest BCUT2D eigenvalue weighted by molar-refractivity contribution is 5.80. The lowest BCUT2D eigenvalue weighted by atomic mass is 9.68. The number of ether oxygens (including phenoxy) is 1. The first kappa shape index (κ1) is 17.8. The van der Waals surface area contributed by atoms with E-state index in [1.54, 1.807) is 0 Å². The van der Waals surface area contributed by atoms with Gasteiger partial charge in [-0.1, -0.05) is 30.7 Å². The Morgan fingerprint density at radius 1 is 1.08 bits per heavy atom. The van der Waals surface area contributed by atoms with Crippen LogP contribution in [0.15, 0.2) is 29.3 Å². The summed E-state index contributed by atoms with van der Waals surface area (Å²) < 4.78 is 5.42. The van der Waals surface area contributed by atoms with Crippen molar-refractivity contribution in [3.8, 4) is 0 Å². The summed E-state index contributed by atoms with van der Waals surface area (Å²) in [5.74, 6) is 1.06. The van der Waals surface area contributed by atoms with Crippen LogP contribution in [0.4, 0.5) is 0 Å². The van der Waals surface area contributed by atoms with Gasteiger partial charge in [0.05, 0.1) is 13.2 Å². The first-order valence-electron chi connectivity index (χ1n) is 10.1. The Labute approximate surface area is 157 Å². The lowest BCUT2D eigenvalue weighted by Crippen LogP contribution is -2.42. The predicted molar refractivity (Wildman–Crippen MR) is 105 cm³/mol. The van der Waals surface area contributed by atoms with Crippen LogP contribution in [-0.4, -0.2) is 62.2 Å². The zero-order chi connectivity index (χ0) is 17.8. The molecule has 0 unspecified atom stereocenters. The fourth-order valence-electron chi connectivity index (χ4n) is 4.49. The number of aliphatic imine (C=N–C) groups is 1. The van der Waals surface area contributed by atoms with Gasteiger partial charge in [0, 0.05) is 46.3 Å². The number of rotatable bonds is 4. The van der Waals surface area contributed by atoms with Gasteiger partial charge in [-0.3, -0.25) is 9.89 Å². The largest absolute Gasteiger partial charge is 0.379 e. The van der Waals surface area contributed by atoms with Gasteiger partial charge in [-0.15, -0.1) is 0 Å². The molecule has 0 aromatic heterocycles. The molecule has 4 rings (SSSR count). The summed E-state index contributed by atoms with van der Waals surface area (Å²) in [6.45, 7) is 8.00. The number of hydrogen-bond acceptors (Lipinski definition) is 3. The first-order valence-corrected chi connectivity index (χ1v) is 10.1. The Bertz CT molecular complexity index is 617. The number of nitrogens with zero attached hydrogens (tertiary/aromatic N) is 3. The van der Waals surface area contributed by atoms with Crippen molar-refractivity contribution >= 4 is 5.96 Å². The van der Waals surface area contributed by atoms with E-state index in [2.05, 4.69) is 44.4 Å². The Balaban J connectivity index is 1.27. The van der Waals surface area contributed by atoms with Crippen LogP contribution in [0.1, 0.15) is 36.8 Å². The molecule has 5 heteroatoms. The van der Waals surface area contributed by atoms with Crippen LogP contribution in [0.25, 0.3) is 0 Å². The van der Waals surface area contributed by atoms with E-state index < -0.39 is 0 Å². The minimum absolute atomic E-state index is 0.610.